The van der Waals surface area contributed by atoms with Crippen molar-refractivity contribution in [3.63, 3.8) is 0 Å². The van der Waals surface area contributed by atoms with Gasteiger partial charge in [-0.1, -0.05) is 56.0 Å². The largest absolute Gasteiger partial charge is 0.492 e. The molecule has 1 aliphatic heterocycles. The van der Waals surface area contributed by atoms with Gasteiger partial charge in [-0.15, -0.1) is 0 Å². The standard InChI is InChI=1S/C31H31ClN4O3/c1-4-6-7-11-16-35-30(37)25(21(3)26(19-33)31(35)38)17-23-20-36(24-12-9-8-10-13-24)34-29(23)22-14-15-28(39-5-2)27(32)18-22/h8-10,12-15,17-18,20H,4-7,11,16H2,1-3H3/b25-17+. The number of carbonyl (C=O) groups is 2. The Morgan fingerprint density at radius 2 is 1.82 bits per heavy atom. The molecular formula is C31H31ClN4O3. The average Bonchev–Trinajstić information content (AvgIpc) is 3.36. The summed E-state index contributed by atoms with van der Waals surface area (Å²) in [5.41, 5.74) is 3.47. The fourth-order valence-corrected chi connectivity index (χ4v) is 4.77. The molecule has 200 valence electrons. The molecule has 2 heterocycles. The number of ether oxygens (including phenoxy) is 1. The number of nitrogens with zero attached hydrogens (tertiary/aromatic N) is 4. The Bertz CT molecular complexity index is 1480. The van der Waals surface area contributed by atoms with E-state index in [1.807, 2.05) is 55.6 Å². The Morgan fingerprint density at radius 1 is 1.05 bits per heavy atom. The summed E-state index contributed by atoms with van der Waals surface area (Å²) in [6.07, 6.45) is 7.20. The minimum Gasteiger partial charge on any atom is -0.492 e. The van der Waals surface area contributed by atoms with Crippen LogP contribution in [-0.2, 0) is 9.59 Å². The lowest BCUT2D eigenvalue weighted by Gasteiger charge is -2.27. The van der Waals surface area contributed by atoms with Gasteiger partial charge in [0.2, 0.25) is 0 Å². The molecule has 2 amide bonds. The first-order chi connectivity index (χ1) is 18.9. The van der Waals surface area contributed by atoms with E-state index in [1.165, 1.54) is 4.90 Å². The lowest BCUT2D eigenvalue weighted by Crippen LogP contribution is -2.43. The van der Waals surface area contributed by atoms with Crippen LogP contribution in [0.5, 0.6) is 5.75 Å². The van der Waals surface area contributed by atoms with Crippen molar-refractivity contribution < 1.29 is 14.3 Å². The highest BCUT2D eigenvalue weighted by molar-refractivity contribution is 6.32. The van der Waals surface area contributed by atoms with Gasteiger partial charge in [0, 0.05) is 29.4 Å². The number of halogens is 1. The third-order valence-corrected chi connectivity index (χ3v) is 6.92. The van der Waals surface area contributed by atoms with E-state index in [2.05, 4.69) is 6.92 Å². The van der Waals surface area contributed by atoms with Gasteiger partial charge < -0.3 is 4.74 Å². The molecule has 0 atom stereocenters. The van der Waals surface area contributed by atoms with Gasteiger partial charge >= 0.3 is 0 Å². The van der Waals surface area contributed by atoms with Gasteiger partial charge in [0.05, 0.1) is 17.3 Å². The minimum atomic E-state index is -0.535. The van der Waals surface area contributed by atoms with Crippen LogP contribution in [0.3, 0.4) is 0 Å². The maximum absolute atomic E-state index is 13.6. The fraction of sp³-hybridized carbons (Fsp3) is 0.290. The second-order valence-corrected chi connectivity index (χ2v) is 9.69. The van der Waals surface area contributed by atoms with Crippen LogP contribution in [0.1, 0.15) is 52.0 Å². The van der Waals surface area contributed by atoms with Crippen LogP contribution in [0, 0.1) is 11.3 Å². The number of benzene rings is 2. The smallest absolute Gasteiger partial charge is 0.271 e. The summed E-state index contributed by atoms with van der Waals surface area (Å²) in [6.45, 7) is 6.40. The first-order valence-electron chi connectivity index (χ1n) is 13.2. The molecule has 0 unspecified atom stereocenters. The molecule has 0 fully saturated rings. The zero-order valence-corrected chi connectivity index (χ0v) is 23.2. The van der Waals surface area contributed by atoms with Crippen LogP contribution in [0.4, 0.5) is 0 Å². The summed E-state index contributed by atoms with van der Waals surface area (Å²) in [5.74, 6) is -0.370. The Kier molecular flexibility index (Phi) is 9.00. The van der Waals surface area contributed by atoms with Gasteiger partial charge in [0.25, 0.3) is 11.8 Å². The Labute approximate surface area is 233 Å². The number of carbonyl (C=O) groups excluding carboxylic acids is 2. The van der Waals surface area contributed by atoms with Gasteiger partial charge in [0.1, 0.15) is 23.1 Å². The van der Waals surface area contributed by atoms with Crippen molar-refractivity contribution in [3.8, 4) is 28.8 Å². The van der Waals surface area contributed by atoms with E-state index in [0.29, 0.717) is 46.2 Å². The number of aromatic nitrogens is 2. The molecule has 1 aliphatic rings. The molecule has 0 radical (unpaired) electrons. The highest BCUT2D eigenvalue weighted by Crippen LogP contribution is 2.34. The summed E-state index contributed by atoms with van der Waals surface area (Å²) < 4.78 is 7.32. The molecule has 7 nitrogen and oxygen atoms in total. The van der Waals surface area contributed by atoms with E-state index in [1.54, 1.807) is 29.8 Å². The molecule has 1 aromatic heterocycles. The monoisotopic (exact) mass is 542 g/mol. The summed E-state index contributed by atoms with van der Waals surface area (Å²) >= 11 is 6.50. The Balaban J connectivity index is 1.83. The maximum Gasteiger partial charge on any atom is 0.271 e. The van der Waals surface area contributed by atoms with E-state index in [0.717, 1.165) is 30.5 Å². The van der Waals surface area contributed by atoms with Crippen molar-refractivity contribution in [3.05, 3.63) is 82.0 Å². The molecule has 0 aliphatic carbocycles. The maximum atomic E-state index is 13.6. The number of hydrogen-bond donors (Lipinski definition) is 0. The number of amides is 2. The molecule has 3 aromatic rings. The van der Waals surface area contributed by atoms with Crippen LogP contribution in [0.2, 0.25) is 5.02 Å². The molecular weight excluding hydrogens is 512 g/mol. The SMILES string of the molecule is CCCCCCN1C(=O)C(C#N)=C(C)/C(=C\c2cn(-c3ccccc3)nc2-c2ccc(OCC)c(Cl)c2)C1=O. The average molecular weight is 543 g/mol. The minimum absolute atomic E-state index is 0.0162. The first-order valence-corrected chi connectivity index (χ1v) is 13.5. The summed E-state index contributed by atoms with van der Waals surface area (Å²) in [4.78, 5) is 27.8. The van der Waals surface area contributed by atoms with Gasteiger partial charge in [-0.05, 0) is 62.2 Å². The molecule has 8 heteroatoms. The van der Waals surface area contributed by atoms with Crippen LogP contribution in [0.25, 0.3) is 23.0 Å². The van der Waals surface area contributed by atoms with Gasteiger partial charge in [0.15, 0.2) is 0 Å². The number of imide groups is 1. The highest BCUT2D eigenvalue weighted by Gasteiger charge is 2.35. The quantitative estimate of drug-likeness (QED) is 0.160. The molecule has 39 heavy (non-hydrogen) atoms. The van der Waals surface area contributed by atoms with E-state index in [9.17, 15) is 14.9 Å². The normalized spacial score (nSPS) is 14.7. The summed E-state index contributed by atoms with van der Waals surface area (Å²) in [5, 5.41) is 15.1. The van der Waals surface area contributed by atoms with E-state index in [4.69, 9.17) is 21.4 Å². The number of para-hydroxylation sites is 1. The molecule has 0 spiro atoms. The topological polar surface area (TPSA) is 88.2 Å². The fourth-order valence-electron chi connectivity index (χ4n) is 4.54. The number of rotatable bonds is 10. The van der Waals surface area contributed by atoms with Crippen molar-refractivity contribution in [2.75, 3.05) is 13.2 Å². The predicted molar refractivity (Wildman–Crippen MR) is 152 cm³/mol. The first kappa shape index (κ1) is 27.9. The van der Waals surface area contributed by atoms with Crippen molar-refractivity contribution in [1.29, 1.82) is 5.26 Å². The zero-order chi connectivity index (χ0) is 27.9. The summed E-state index contributed by atoms with van der Waals surface area (Å²) in [7, 11) is 0. The number of nitriles is 1. The lowest BCUT2D eigenvalue weighted by molar-refractivity contribution is -0.140. The van der Waals surface area contributed by atoms with Crippen LogP contribution in [0.15, 0.2) is 71.4 Å². The van der Waals surface area contributed by atoms with E-state index >= 15 is 0 Å². The predicted octanol–water partition coefficient (Wildman–Crippen LogP) is 6.76. The number of unbranched alkanes of at least 4 members (excludes halogenated alkanes) is 3. The second kappa shape index (κ2) is 12.6. The molecule has 0 saturated heterocycles. The molecule has 0 saturated carbocycles. The molecule has 4 rings (SSSR count). The molecule has 0 N–H and O–H groups in total. The Morgan fingerprint density at radius 3 is 2.49 bits per heavy atom. The lowest BCUT2D eigenvalue weighted by atomic mass is 9.93. The molecule has 0 bridgehead atoms. The third-order valence-electron chi connectivity index (χ3n) is 6.63. The van der Waals surface area contributed by atoms with Crippen LogP contribution < -0.4 is 4.74 Å². The van der Waals surface area contributed by atoms with Gasteiger partial charge in [-0.25, -0.2) is 4.68 Å². The van der Waals surface area contributed by atoms with Crippen molar-refractivity contribution in [2.24, 2.45) is 0 Å². The van der Waals surface area contributed by atoms with E-state index in [-0.39, 0.29) is 12.1 Å². The highest BCUT2D eigenvalue weighted by atomic mass is 35.5. The van der Waals surface area contributed by atoms with Crippen LogP contribution in [-0.4, -0.2) is 39.6 Å². The van der Waals surface area contributed by atoms with Gasteiger partial charge in [-0.3, -0.25) is 14.5 Å². The summed E-state index contributed by atoms with van der Waals surface area (Å²) in [6, 6.07) is 17.1. The van der Waals surface area contributed by atoms with Gasteiger partial charge in [-0.2, -0.15) is 10.4 Å². The number of hydrogen-bond acceptors (Lipinski definition) is 5. The molecule has 2 aromatic carbocycles. The third kappa shape index (κ3) is 5.97. The van der Waals surface area contributed by atoms with Crippen molar-refractivity contribution in [1.82, 2.24) is 14.7 Å². The van der Waals surface area contributed by atoms with Crippen molar-refractivity contribution in [2.45, 2.75) is 46.5 Å². The van der Waals surface area contributed by atoms with Crippen LogP contribution >= 0.6 is 11.6 Å². The van der Waals surface area contributed by atoms with Crippen molar-refractivity contribution >= 4 is 29.5 Å². The van der Waals surface area contributed by atoms with E-state index < -0.39 is 11.8 Å². The Hall–Kier alpha value is -4.15. The second-order valence-electron chi connectivity index (χ2n) is 9.28. The zero-order valence-electron chi connectivity index (χ0n) is 22.4.